The molecule has 4 nitrogen and oxygen atoms in total. The van der Waals surface area contributed by atoms with Crippen LogP contribution in [0.15, 0.2) is 0 Å². The summed E-state index contributed by atoms with van der Waals surface area (Å²) in [5.74, 6) is 0.705. The van der Waals surface area contributed by atoms with Gasteiger partial charge in [-0.1, -0.05) is 13.8 Å². The average Bonchev–Trinajstić information content (AvgIpc) is 2.36. The first-order chi connectivity index (χ1) is 8.93. The summed E-state index contributed by atoms with van der Waals surface area (Å²) in [7, 11) is 5.44. The Bertz CT molecular complexity index is 279. The molecule has 19 heavy (non-hydrogen) atoms. The van der Waals surface area contributed by atoms with Gasteiger partial charge in [0.2, 0.25) is 5.91 Å². The molecule has 1 saturated carbocycles. The molecule has 3 unspecified atom stereocenters. The monoisotopic (exact) mass is 270 g/mol. The molecular weight excluding hydrogens is 240 g/mol. The molecule has 112 valence electrons. The number of amides is 1. The number of hydrogen-bond donors (Lipinski definition) is 1. The van der Waals surface area contributed by atoms with Crippen molar-refractivity contribution in [1.82, 2.24) is 10.2 Å². The molecular formula is C15H30N2O2. The first-order valence-electron chi connectivity index (χ1n) is 7.44. The highest BCUT2D eigenvalue weighted by molar-refractivity contribution is 5.81. The largest absolute Gasteiger partial charge is 0.381 e. The zero-order valence-corrected chi connectivity index (χ0v) is 13.1. The fourth-order valence-electron chi connectivity index (χ4n) is 2.82. The van der Waals surface area contributed by atoms with Gasteiger partial charge in [0, 0.05) is 27.2 Å². The predicted molar refractivity (Wildman–Crippen MR) is 78.1 cm³/mol. The fraction of sp³-hybridized carbons (Fsp3) is 0.933. The van der Waals surface area contributed by atoms with Crippen LogP contribution in [0.3, 0.4) is 0 Å². The van der Waals surface area contributed by atoms with Gasteiger partial charge in [0.1, 0.15) is 0 Å². The normalized spacial score (nSPS) is 25.4. The maximum Gasteiger partial charge on any atom is 0.239 e. The lowest BCUT2D eigenvalue weighted by atomic mass is 9.91. The highest BCUT2D eigenvalue weighted by atomic mass is 16.5. The molecule has 0 radical (unpaired) electrons. The van der Waals surface area contributed by atoms with Crippen LogP contribution in [0, 0.1) is 5.92 Å². The van der Waals surface area contributed by atoms with Gasteiger partial charge in [0.05, 0.1) is 12.1 Å². The molecule has 0 aliphatic heterocycles. The summed E-state index contributed by atoms with van der Waals surface area (Å²) >= 11 is 0. The molecule has 0 aromatic carbocycles. The van der Waals surface area contributed by atoms with E-state index in [1.54, 1.807) is 12.0 Å². The first-order valence-corrected chi connectivity index (χ1v) is 7.44. The van der Waals surface area contributed by atoms with Crippen LogP contribution >= 0.6 is 0 Å². The summed E-state index contributed by atoms with van der Waals surface area (Å²) in [4.78, 5) is 13.9. The Morgan fingerprint density at radius 2 is 2.05 bits per heavy atom. The number of nitrogens with zero attached hydrogens (tertiary/aromatic N) is 1. The molecule has 1 fully saturated rings. The second kappa shape index (κ2) is 7.85. The Morgan fingerprint density at radius 3 is 2.58 bits per heavy atom. The number of likely N-dealkylation sites (N-methyl/N-ethyl adjacent to an activating group) is 1. The van der Waals surface area contributed by atoms with Crippen LogP contribution in [0.5, 0.6) is 0 Å². The average molecular weight is 270 g/mol. The highest BCUT2D eigenvalue weighted by Crippen LogP contribution is 2.22. The van der Waals surface area contributed by atoms with E-state index in [9.17, 15) is 4.79 Å². The van der Waals surface area contributed by atoms with Crippen molar-refractivity contribution in [3.8, 4) is 0 Å². The van der Waals surface area contributed by atoms with Gasteiger partial charge in [0.25, 0.3) is 0 Å². The Kier molecular flexibility index (Phi) is 6.80. The molecule has 1 amide bonds. The van der Waals surface area contributed by atoms with Gasteiger partial charge in [-0.15, -0.1) is 0 Å². The molecule has 3 atom stereocenters. The number of carbonyl (C=O) groups excluding carboxylic acids is 1. The van der Waals surface area contributed by atoms with Crippen LogP contribution in [0.4, 0.5) is 0 Å². The molecule has 0 aromatic rings. The van der Waals surface area contributed by atoms with E-state index in [0.29, 0.717) is 18.1 Å². The third kappa shape index (κ3) is 5.49. The zero-order valence-electron chi connectivity index (χ0n) is 13.1. The molecule has 0 heterocycles. The van der Waals surface area contributed by atoms with E-state index in [0.717, 1.165) is 25.7 Å². The van der Waals surface area contributed by atoms with Crippen LogP contribution in [0.25, 0.3) is 0 Å². The standard InChI is InChI=1S/C15H30N2O2/c1-11(2)9-14(15(18)17(3)4)16-12-7-6-8-13(10-12)19-5/h11-14,16H,6-10H2,1-5H3. The van der Waals surface area contributed by atoms with Crippen LogP contribution in [-0.4, -0.2) is 50.2 Å². The summed E-state index contributed by atoms with van der Waals surface area (Å²) in [6.45, 7) is 4.33. The van der Waals surface area contributed by atoms with Crippen molar-refractivity contribution in [1.29, 1.82) is 0 Å². The van der Waals surface area contributed by atoms with Gasteiger partial charge in [0.15, 0.2) is 0 Å². The van der Waals surface area contributed by atoms with Gasteiger partial charge in [-0.05, 0) is 38.0 Å². The smallest absolute Gasteiger partial charge is 0.239 e. The fourth-order valence-corrected chi connectivity index (χ4v) is 2.82. The number of methoxy groups -OCH3 is 1. The second-order valence-electron chi connectivity index (χ2n) is 6.30. The molecule has 1 rings (SSSR count). The van der Waals surface area contributed by atoms with E-state index in [-0.39, 0.29) is 11.9 Å². The predicted octanol–water partition coefficient (Wildman–Crippen LogP) is 2.04. The maximum atomic E-state index is 12.2. The van der Waals surface area contributed by atoms with Gasteiger partial charge < -0.3 is 15.0 Å². The lowest BCUT2D eigenvalue weighted by Gasteiger charge is -2.33. The van der Waals surface area contributed by atoms with Crippen molar-refractivity contribution in [3.05, 3.63) is 0 Å². The molecule has 0 spiro atoms. The highest BCUT2D eigenvalue weighted by Gasteiger charge is 2.28. The van der Waals surface area contributed by atoms with Gasteiger partial charge in [-0.3, -0.25) is 4.79 Å². The SMILES string of the molecule is COC1CCCC(NC(CC(C)C)C(=O)N(C)C)C1. The van der Waals surface area contributed by atoms with Crippen molar-refractivity contribution in [2.45, 2.75) is 64.1 Å². The molecule has 0 bridgehead atoms. The molecule has 0 saturated heterocycles. The lowest BCUT2D eigenvalue weighted by molar-refractivity contribution is -0.131. The number of nitrogens with one attached hydrogen (secondary N) is 1. The molecule has 1 N–H and O–H groups in total. The van der Waals surface area contributed by atoms with Crippen LogP contribution in [-0.2, 0) is 9.53 Å². The molecule has 0 aromatic heterocycles. The van der Waals surface area contributed by atoms with E-state index in [2.05, 4.69) is 19.2 Å². The van der Waals surface area contributed by atoms with Gasteiger partial charge in [-0.25, -0.2) is 0 Å². The van der Waals surface area contributed by atoms with Crippen molar-refractivity contribution in [2.24, 2.45) is 5.92 Å². The third-order valence-corrected chi connectivity index (χ3v) is 3.84. The van der Waals surface area contributed by atoms with Crippen LogP contribution in [0.2, 0.25) is 0 Å². The summed E-state index contributed by atoms with van der Waals surface area (Å²) in [6.07, 6.45) is 5.73. The lowest BCUT2D eigenvalue weighted by Crippen LogP contribution is -2.50. The topological polar surface area (TPSA) is 41.6 Å². The summed E-state index contributed by atoms with van der Waals surface area (Å²) in [5.41, 5.74) is 0. The quantitative estimate of drug-likeness (QED) is 0.803. The second-order valence-corrected chi connectivity index (χ2v) is 6.30. The maximum absolute atomic E-state index is 12.2. The zero-order chi connectivity index (χ0) is 14.4. The van der Waals surface area contributed by atoms with Gasteiger partial charge in [-0.2, -0.15) is 0 Å². The van der Waals surface area contributed by atoms with E-state index in [1.807, 2.05) is 14.1 Å². The number of ether oxygens (including phenoxy) is 1. The van der Waals surface area contributed by atoms with Gasteiger partial charge >= 0.3 is 0 Å². The van der Waals surface area contributed by atoms with Crippen molar-refractivity contribution in [3.63, 3.8) is 0 Å². The van der Waals surface area contributed by atoms with E-state index in [1.165, 1.54) is 6.42 Å². The minimum absolute atomic E-state index is 0.0596. The Hall–Kier alpha value is -0.610. The molecule has 1 aliphatic carbocycles. The summed E-state index contributed by atoms with van der Waals surface area (Å²) in [5, 5.41) is 3.56. The van der Waals surface area contributed by atoms with Crippen molar-refractivity contribution in [2.75, 3.05) is 21.2 Å². The minimum Gasteiger partial charge on any atom is -0.381 e. The molecule has 1 aliphatic rings. The number of carbonyl (C=O) groups is 1. The van der Waals surface area contributed by atoms with Crippen LogP contribution < -0.4 is 5.32 Å². The Morgan fingerprint density at radius 1 is 1.37 bits per heavy atom. The van der Waals surface area contributed by atoms with Crippen LogP contribution in [0.1, 0.15) is 46.0 Å². The Balaban J connectivity index is 2.58. The number of rotatable bonds is 6. The molecule has 4 heteroatoms. The summed E-state index contributed by atoms with van der Waals surface area (Å²) in [6, 6.07) is 0.349. The summed E-state index contributed by atoms with van der Waals surface area (Å²) < 4.78 is 5.46. The minimum atomic E-state index is -0.0596. The third-order valence-electron chi connectivity index (χ3n) is 3.84. The van der Waals surface area contributed by atoms with E-state index in [4.69, 9.17) is 4.74 Å². The van der Waals surface area contributed by atoms with E-state index >= 15 is 0 Å². The Labute approximate surface area is 117 Å². The van der Waals surface area contributed by atoms with Crippen molar-refractivity contribution >= 4 is 5.91 Å². The van der Waals surface area contributed by atoms with E-state index < -0.39 is 0 Å². The number of hydrogen-bond acceptors (Lipinski definition) is 3. The van der Waals surface area contributed by atoms with Crippen molar-refractivity contribution < 1.29 is 9.53 Å². The first kappa shape index (κ1) is 16.4.